The Kier molecular flexibility index (Phi) is 16.0. The zero-order valence-corrected chi connectivity index (χ0v) is 13.9. The summed E-state index contributed by atoms with van der Waals surface area (Å²) < 4.78 is 0. The predicted octanol–water partition coefficient (Wildman–Crippen LogP) is 6.19. The third-order valence-electron chi connectivity index (χ3n) is 3.80. The van der Waals surface area contributed by atoms with E-state index in [0.29, 0.717) is 0 Å². The van der Waals surface area contributed by atoms with Crippen LogP contribution in [0.2, 0.25) is 0 Å². The molecule has 0 amide bonds. The van der Waals surface area contributed by atoms with Gasteiger partial charge in [-0.1, -0.05) is 90.4 Å². The quantitative estimate of drug-likeness (QED) is 0.320. The number of rotatable bonds is 15. The summed E-state index contributed by atoms with van der Waals surface area (Å²) in [6, 6.07) is 0. The van der Waals surface area contributed by atoms with Crippen LogP contribution in [0.25, 0.3) is 0 Å². The van der Waals surface area contributed by atoms with Crippen LogP contribution in [0.3, 0.4) is 0 Å². The van der Waals surface area contributed by atoms with E-state index in [-0.39, 0.29) is 0 Å². The summed E-state index contributed by atoms with van der Waals surface area (Å²) >= 11 is 0. The molecule has 0 aromatic heterocycles. The Morgan fingerprint density at radius 3 is 1.32 bits per heavy atom. The molecule has 0 rings (SSSR count). The average molecular weight is 269 g/mol. The van der Waals surface area contributed by atoms with E-state index in [9.17, 15) is 0 Å². The molecule has 0 N–H and O–H groups in total. The minimum Gasteiger partial charge on any atom is -0.305 e. The molecule has 0 saturated heterocycles. The highest BCUT2D eigenvalue weighted by Gasteiger charge is 1.94. The van der Waals surface area contributed by atoms with Crippen LogP contribution < -0.4 is 0 Å². The Hall–Kier alpha value is -0.0400. The van der Waals surface area contributed by atoms with Crippen LogP contribution in [0.15, 0.2) is 0 Å². The first-order chi connectivity index (χ1) is 9.27. The van der Waals surface area contributed by atoms with Gasteiger partial charge in [0.1, 0.15) is 0 Å². The number of hydrogen-bond acceptors (Lipinski definition) is 1. The molecule has 0 fully saturated rings. The standard InChI is InChI=1S/C18H38N/c1-4-5-6-7-8-9-10-11-12-13-14-15-16-17-18-19(2)3/h18H,4-17H2,1-3H3. The minimum atomic E-state index is 1.25. The fourth-order valence-corrected chi connectivity index (χ4v) is 2.51. The summed E-state index contributed by atoms with van der Waals surface area (Å²) in [4.78, 5) is 2.17. The van der Waals surface area contributed by atoms with Crippen molar-refractivity contribution in [3.05, 3.63) is 6.54 Å². The van der Waals surface area contributed by atoms with E-state index in [1.54, 1.807) is 0 Å². The Morgan fingerprint density at radius 2 is 0.947 bits per heavy atom. The summed E-state index contributed by atoms with van der Waals surface area (Å²) in [5, 5.41) is 0. The topological polar surface area (TPSA) is 3.24 Å². The summed E-state index contributed by atoms with van der Waals surface area (Å²) in [5.74, 6) is 0. The van der Waals surface area contributed by atoms with Crippen molar-refractivity contribution in [3.63, 3.8) is 0 Å². The van der Waals surface area contributed by atoms with Gasteiger partial charge in [-0.15, -0.1) is 0 Å². The molecule has 1 nitrogen and oxygen atoms in total. The van der Waals surface area contributed by atoms with Crippen molar-refractivity contribution in [1.29, 1.82) is 0 Å². The molecular weight excluding hydrogens is 230 g/mol. The van der Waals surface area contributed by atoms with Gasteiger partial charge in [-0.3, -0.25) is 0 Å². The molecule has 115 valence electrons. The van der Waals surface area contributed by atoms with Crippen molar-refractivity contribution in [2.24, 2.45) is 0 Å². The zero-order valence-electron chi connectivity index (χ0n) is 13.9. The maximum Gasteiger partial charge on any atom is 0.0245 e. The molecule has 0 spiro atoms. The van der Waals surface area contributed by atoms with Crippen LogP contribution in [-0.4, -0.2) is 19.0 Å². The highest BCUT2D eigenvalue weighted by Crippen LogP contribution is 2.13. The van der Waals surface area contributed by atoms with Gasteiger partial charge < -0.3 is 4.90 Å². The molecule has 1 radical (unpaired) electrons. The van der Waals surface area contributed by atoms with Crippen molar-refractivity contribution in [1.82, 2.24) is 4.90 Å². The van der Waals surface area contributed by atoms with Gasteiger partial charge >= 0.3 is 0 Å². The van der Waals surface area contributed by atoms with Gasteiger partial charge in [-0.05, 0) is 20.5 Å². The largest absolute Gasteiger partial charge is 0.305 e. The van der Waals surface area contributed by atoms with E-state index in [1.807, 2.05) is 0 Å². The normalized spacial score (nSPS) is 11.4. The number of unbranched alkanes of at least 4 members (excludes halogenated alkanes) is 13. The lowest BCUT2D eigenvalue weighted by Gasteiger charge is -2.07. The minimum absolute atomic E-state index is 1.25. The van der Waals surface area contributed by atoms with Crippen LogP contribution in [-0.2, 0) is 0 Å². The summed E-state index contributed by atoms with van der Waals surface area (Å²) in [7, 11) is 4.23. The molecule has 1 heteroatoms. The lowest BCUT2D eigenvalue weighted by molar-refractivity contribution is 0.461. The molecule has 0 aromatic rings. The van der Waals surface area contributed by atoms with Crippen molar-refractivity contribution in [2.75, 3.05) is 14.1 Å². The first kappa shape index (κ1) is 19.0. The summed E-state index contributed by atoms with van der Waals surface area (Å²) in [5.41, 5.74) is 0. The van der Waals surface area contributed by atoms with E-state index in [2.05, 4.69) is 32.5 Å². The van der Waals surface area contributed by atoms with Crippen molar-refractivity contribution in [3.8, 4) is 0 Å². The lowest BCUT2D eigenvalue weighted by atomic mass is 10.0. The zero-order chi connectivity index (χ0) is 14.2. The molecule has 0 atom stereocenters. The third kappa shape index (κ3) is 18.0. The fraction of sp³-hybridized carbons (Fsp3) is 0.944. The lowest BCUT2D eigenvalue weighted by Crippen LogP contribution is -2.06. The van der Waals surface area contributed by atoms with Gasteiger partial charge in [-0.25, -0.2) is 0 Å². The molecule has 0 aromatic carbocycles. The Bertz CT molecular complexity index is 154. The molecule has 0 aliphatic rings. The van der Waals surface area contributed by atoms with Gasteiger partial charge in [0.15, 0.2) is 0 Å². The highest BCUT2D eigenvalue weighted by atomic mass is 15.0. The molecule has 0 saturated carbocycles. The van der Waals surface area contributed by atoms with Crippen LogP contribution in [0.5, 0.6) is 0 Å². The number of nitrogens with zero attached hydrogens (tertiary/aromatic N) is 1. The van der Waals surface area contributed by atoms with Crippen LogP contribution >= 0.6 is 0 Å². The van der Waals surface area contributed by atoms with Gasteiger partial charge in [0, 0.05) is 6.54 Å². The molecule has 0 aliphatic heterocycles. The molecule has 0 unspecified atom stereocenters. The second-order valence-corrected chi connectivity index (χ2v) is 6.18. The fourth-order valence-electron chi connectivity index (χ4n) is 2.51. The van der Waals surface area contributed by atoms with Crippen molar-refractivity contribution < 1.29 is 0 Å². The van der Waals surface area contributed by atoms with Crippen LogP contribution in [0.4, 0.5) is 0 Å². The van der Waals surface area contributed by atoms with E-state index < -0.39 is 0 Å². The van der Waals surface area contributed by atoms with E-state index in [4.69, 9.17) is 0 Å². The van der Waals surface area contributed by atoms with Crippen molar-refractivity contribution in [2.45, 2.75) is 96.8 Å². The van der Waals surface area contributed by atoms with Crippen LogP contribution in [0.1, 0.15) is 96.8 Å². The smallest absolute Gasteiger partial charge is 0.0245 e. The first-order valence-corrected chi connectivity index (χ1v) is 8.77. The van der Waals surface area contributed by atoms with Gasteiger partial charge in [0.25, 0.3) is 0 Å². The van der Waals surface area contributed by atoms with Crippen molar-refractivity contribution >= 4 is 0 Å². The molecule has 0 bridgehead atoms. The second kappa shape index (κ2) is 16.0. The molecular formula is C18H38N. The van der Waals surface area contributed by atoms with Gasteiger partial charge in [-0.2, -0.15) is 0 Å². The van der Waals surface area contributed by atoms with E-state index in [0.717, 1.165) is 0 Å². The second-order valence-electron chi connectivity index (χ2n) is 6.18. The van der Waals surface area contributed by atoms with Gasteiger partial charge in [0.05, 0.1) is 0 Å². The van der Waals surface area contributed by atoms with E-state index >= 15 is 0 Å². The summed E-state index contributed by atoms with van der Waals surface area (Å²) in [6.45, 7) is 4.58. The Labute approximate surface area is 123 Å². The molecule has 19 heavy (non-hydrogen) atoms. The number of hydrogen-bond donors (Lipinski definition) is 0. The third-order valence-corrected chi connectivity index (χ3v) is 3.80. The maximum absolute atomic E-state index is 2.29. The van der Waals surface area contributed by atoms with Gasteiger partial charge in [0.2, 0.25) is 0 Å². The SMILES string of the molecule is CCCCCCCCCCCCCCC[CH]N(C)C. The van der Waals surface area contributed by atoms with Crippen LogP contribution in [0, 0.1) is 6.54 Å². The maximum atomic E-state index is 2.29. The van der Waals surface area contributed by atoms with E-state index in [1.165, 1.54) is 89.9 Å². The predicted molar refractivity (Wildman–Crippen MR) is 88.3 cm³/mol. The Balaban J connectivity index is 2.91. The summed E-state index contributed by atoms with van der Waals surface area (Å²) in [6.07, 6.45) is 20.0. The molecule has 0 heterocycles. The highest BCUT2D eigenvalue weighted by molar-refractivity contribution is 4.60. The Morgan fingerprint density at radius 1 is 0.579 bits per heavy atom. The monoisotopic (exact) mass is 268 g/mol. The molecule has 0 aliphatic carbocycles. The first-order valence-electron chi connectivity index (χ1n) is 8.77. The average Bonchev–Trinajstić information content (AvgIpc) is 2.39.